The molecule has 2 atom stereocenters. The van der Waals surface area contributed by atoms with Crippen LogP contribution in [0, 0.1) is 0 Å². The van der Waals surface area contributed by atoms with E-state index in [0.29, 0.717) is 35.1 Å². The van der Waals surface area contributed by atoms with Gasteiger partial charge in [0, 0.05) is 17.6 Å². The Kier molecular flexibility index (Phi) is 11.6. The van der Waals surface area contributed by atoms with Crippen LogP contribution < -0.4 is 14.4 Å². The van der Waals surface area contributed by atoms with Crippen LogP contribution >= 0.6 is 11.6 Å². The number of amides is 2. The van der Waals surface area contributed by atoms with Crippen LogP contribution in [0.5, 0.6) is 5.75 Å². The van der Waals surface area contributed by atoms with Crippen LogP contribution in [0.1, 0.15) is 44.7 Å². The molecule has 0 saturated heterocycles. The average molecular weight is 600 g/mol. The molecule has 3 rings (SSSR count). The predicted molar refractivity (Wildman–Crippen MR) is 163 cm³/mol. The third kappa shape index (κ3) is 9.23. The molecule has 0 aromatic heterocycles. The number of ether oxygens (including phenoxy) is 1. The van der Waals surface area contributed by atoms with Crippen molar-refractivity contribution in [3.05, 3.63) is 95.0 Å². The first kappa shape index (κ1) is 32.0. The molecule has 0 aliphatic carbocycles. The Hall–Kier alpha value is -3.56. The molecule has 0 saturated carbocycles. The summed E-state index contributed by atoms with van der Waals surface area (Å²) < 4.78 is 32.6. The van der Waals surface area contributed by atoms with Gasteiger partial charge in [0.05, 0.1) is 11.9 Å². The van der Waals surface area contributed by atoms with E-state index in [1.807, 2.05) is 51.1 Å². The van der Waals surface area contributed by atoms with Crippen molar-refractivity contribution in [2.24, 2.45) is 0 Å². The lowest BCUT2D eigenvalue weighted by Gasteiger charge is -2.33. The Morgan fingerprint density at radius 3 is 2.15 bits per heavy atom. The number of hydrogen-bond acceptors (Lipinski definition) is 5. The second-order valence-corrected chi connectivity index (χ2v) is 12.2. The van der Waals surface area contributed by atoms with Crippen LogP contribution in [0.15, 0.2) is 78.9 Å². The van der Waals surface area contributed by atoms with Gasteiger partial charge in [-0.25, -0.2) is 8.42 Å². The van der Waals surface area contributed by atoms with E-state index < -0.39 is 28.5 Å². The van der Waals surface area contributed by atoms with Crippen LogP contribution in [0.25, 0.3) is 0 Å². The van der Waals surface area contributed by atoms with Gasteiger partial charge in [-0.15, -0.1) is 0 Å². The van der Waals surface area contributed by atoms with Gasteiger partial charge in [-0.05, 0) is 61.2 Å². The molecule has 0 spiro atoms. The molecule has 0 aliphatic heterocycles. The largest absolute Gasteiger partial charge is 0.489 e. The summed E-state index contributed by atoms with van der Waals surface area (Å²) in [6.45, 7) is 5.60. The van der Waals surface area contributed by atoms with E-state index in [1.165, 1.54) is 4.90 Å². The first-order chi connectivity index (χ1) is 19.5. The Bertz CT molecular complexity index is 1400. The summed E-state index contributed by atoms with van der Waals surface area (Å²) in [6.07, 6.45) is 2.11. The molecule has 3 aromatic rings. The van der Waals surface area contributed by atoms with E-state index in [-0.39, 0.29) is 18.5 Å². The zero-order valence-corrected chi connectivity index (χ0v) is 25.5. The van der Waals surface area contributed by atoms with Crippen molar-refractivity contribution in [1.82, 2.24) is 10.2 Å². The maximum Gasteiger partial charge on any atom is 0.244 e. The molecule has 1 N–H and O–H groups in total. The van der Waals surface area contributed by atoms with Gasteiger partial charge in [0.2, 0.25) is 21.8 Å². The fraction of sp³-hybridized carbons (Fsp3) is 0.355. The van der Waals surface area contributed by atoms with E-state index in [4.69, 9.17) is 16.3 Å². The molecule has 0 unspecified atom stereocenters. The summed E-state index contributed by atoms with van der Waals surface area (Å²) in [5.41, 5.74) is 1.97. The molecule has 10 heteroatoms. The van der Waals surface area contributed by atoms with Crippen LogP contribution in [0.4, 0.5) is 5.69 Å². The Morgan fingerprint density at radius 1 is 0.927 bits per heavy atom. The van der Waals surface area contributed by atoms with Crippen molar-refractivity contribution in [2.75, 3.05) is 17.1 Å². The molecule has 2 amide bonds. The van der Waals surface area contributed by atoms with E-state index >= 15 is 0 Å². The number of rotatable bonds is 14. The van der Waals surface area contributed by atoms with Crippen molar-refractivity contribution in [1.29, 1.82) is 0 Å². The number of carbonyl (C=O) groups is 2. The number of nitrogens with one attached hydrogen (secondary N) is 1. The second-order valence-electron chi connectivity index (χ2n) is 9.89. The van der Waals surface area contributed by atoms with Crippen LogP contribution in [0.3, 0.4) is 0 Å². The van der Waals surface area contributed by atoms with Crippen molar-refractivity contribution < 1.29 is 22.7 Å². The van der Waals surface area contributed by atoms with Crippen LogP contribution in [-0.4, -0.2) is 50.0 Å². The smallest absolute Gasteiger partial charge is 0.244 e. The molecule has 220 valence electrons. The van der Waals surface area contributed by atoms with E-state index in [2.05, 4.69) is 5.32 Å². The number of sulfonamides is 1. The quantitative estimate of drug-likeness (QED) is 0.267. The summed E-state index contributed by atoms with van der Waals surface area (Å²) in [7, 11) is -3.85. The standard InChI is InChI=1S/C31H38ClN3O5S/c1-5-23(3)33-31(37)29(6-2)34(20-25-14-10-11-15-28(25)32)30(36)21-35(41(4,38)39)26-16-18-27(19-17-26)40-22-24-12-8-7-9-13-24/h7-19,23,29H,5-6,20-22H2,1-4H3,(H,33,37)/t23-,29+/m1/s1. The first-order valence-electron chi connectivity index (χ1n) is 13.6. The van der Waals surface area contributed by atoms with Gasteiger partial charge in [-0.1, -0.05) is 74.0 Å². The van der Waals surface area contributed by atoms with E-state index in [0.717, 1.165) is 22.5 Å². The van der Waals surface area contributed by atoms with Crippen molar-refractivity contribution in [2.45, 2.75) is 58.8 Å². The zero-order valence-electron chi connectivity index (χ0n) is 23.9. The van der Waals surface area contributed by atoms with Crippen molar-refractivity contribution in [3.8, 4) is 5.75 Å². The third-order valence-corrected chi connectivity index (χ3v) is 8.25. The lowest BCUT2D eigenvalue weighted by Crippen LogP contribution is -2.53. The number of halogens is 1. The van der Waals surface area contributed by atoms with Gasteiger partial charge < -0.3 is 15.0 Å². The highest BCUT2D eigenvalue weighted by atomic mass is 35.5. The summed E-state index contributed by atoms with van der Waals surface area (Å²) >= 11 is 6.40. The lowest BCUT2D eigenvalue weighted by atomic mass is 10.1. The Labute approximate surface area is 248 Å². The molecule has 0 bridgehead atoms. The SMILES string of the molecule is CC[C@@H](C)NC(=O)[C@H](CC)N(Cc1ccccc1Cl)C(=O)CN(c1ccc(OCc2ccccc2)cc1)S(C)(=O)=O. The highest BCUT2D eigenvalue weighted by molar-refractivity contribution is 7.92. The van der Waals surface area contributed by atoms with Gasteiger partial charge in [-0.3, -0.25) is 13.9 Å². The molecule has 3 aromatic carbocycles. The summed E-state index contributed by atoms with van der Waals surface area (Å²) in [4.78, 5) is 28.5. The minimum absolute atomic E-state index is 0.0504. The average Bonchev–Trinajstić information content (AvgIpc) is 2.95. The van der Waals surface area contributed by atoms with Crippen molar-refractivity contribution >= 4 is 39.1 Å². The number of nitrogens with zero attached hydrogens (tertiary/aromatic N) is 2. The summed E-state index contributed by atoms with van der Waals surface area (Å²) in [6, 6.07) is 22.4. The first-order valence-corrected chi connectivity index (χ1v) is 15.8. The Morgan fingerprint density at radius 2 is 1.56 bits per heavy atom. The predicted octanol–water partition coefficient (Wildman–Crippen LogP) is 5.41. The highest BCUT2D eigenvalue weighted by Gasteiger charge is 2.32. The molecule has 0 aliphatic rings. The minimum atomic E-state index is -3.85. The monoisotopic (exact) mass is 599 g/mol. The van der Waals surface area contributed by atoms with Gasteiger partial charge in [0.1, 0.15) is 24.9 Å². The maximum absolute atomic E-state index is 13.8. The zero-order chi connectivity index (χ0) is 30.0. The number of benzene rings is 3. The van der Waals surface area contributed by atoms with Crippen LogP contribution in [-0.2, 0) is 32.8 Å². The summed E-state index contributed by atoms with van der Waals surface area (Å²) in [5, 5.41) is 3.40. The van der Waals surface area contributed by atoms with Crippen molar-refractivity contribution in [3.63, 3.8) is 0 Å². The fourth-order valence-electron chi connectivity index (χ4n) is 4.23. The van der Waals surface area contributed by atoms with E-state index in [1.54, 1.807) is 48.5 Å². The highest BCUT2D eigenvalue weighted by Crippen LogP contribution is 2.24. The number of carbonyl (C=O) groups excluding carboxylic acids is 2. The minimum Gasteiger partial charge on any atom is -0.489 e. The lowest BCUT2D eigenvalue weighted by molar-refractivity contribution is -0.140. The molecule has 8 nitrogen and oxygen atoms in total. The van der Waals surface area contributed by atoms with Crippen LogP contribution in [0.2, 0.25) is 5.02 Å². The van der Waals surface area contributed by atoms with Gasteiger partial charge in [0.25, 0.3) is 0 Å². The fourth-order valence-corrected chi connectivity index (χ4v) is 5.28. The van der Waals surface area contributed by atoms with Gasteiger partial charge in [-0.2, -0.15) is 0 Å². The molecule has 0 heterocycles. The molecular weight excluding hydrogens is 562 g/mol. The summed E-state index contributed by atoms with van der Waals surface area (Å²) in [5.74, 6) is -0.260. The Balaban J connectivity index is 1.86. The number of anilines is 1. The van der Waals surface area contributed by atoms with Gasteiger partial charge >= 0.3 is 0 Å². The number of hydrogen-bond donors (Lipinski definition) is 1. The maximum atomic E-state index is 13.8. The molecule has 0 fully saturated rings. The molecular formula is C31H38ClN3O5S. The topological polar surface area (TPSA) is 96.0 Å². The molecule has 0 radical (unpaired) electrons. The normalized spacial score (nSPS) is 12.7. The van der Waals surface area contributed by atoms with E-state index in [9.17, 15) is 18.0 Å². The third-order valence-electron chi connectivity index (χ3n) is 6.74. The second kappa shape index (κ2) is 14.9. The van der Waals surface area contributed by atoms with Gasteiger partial charge in [0.15, 0.2) is 0 Å². The molecule has 41 heavy (non-hydrogen) atoms.